The summed E-state index contributed by atoms with van der Waals surface area (Å²) < 4.78 is 0. The second-order valence-corrected chi connectivity index (χ2v) is 5.19. The molecule has 3 rings (SSSR count). The molecule has 0 aliphatic rings. The zero-order valence-corrected chi connectivity index (χ0v) is 12.7. The number of hydrogen-bond acceptors (Lipinski definition) is 3. The lowest BCUT2D eigenvalue weighted by atomic mass is 10.1. The summed E-state index contributed by atoms with van der Waals surface area (Å²) in [4.78, 5) is 22.2. The van der Waals surface area contributed by atoms with Crippen molar-refractivity contribution in [1.82, 2.24) is 15.5 Å². The number of H-pyrrole nitrogens is 1. The van der Waals surface area contributed by atoms with E-state index in [4.69, 9.17) is 5.11 Å². The molecule has 0 bridgehead atoms. The smallest absolute Gasteiger partial charge is 0.322 e. The topological polar surface area (TPSA) is 95.1 Å². The number of hydrogen-bond donors (Lipinski definition) is 3. The molecule has 1 aromatic heterocycles. The first kappa shape index (κ1) is 15.5. The van der Waals surface area contributed by atoms with Crippen molar-refractivity contribution in [3.63, 3.8) is 0 Å². The van der Waals surface area contributed by atoms with Crippen molar-refractivity contribution in [2.24, 2.45) is 0 Å². The molecule has 2 aromatic carbocycles. The number of amides is 1. The van der Waals surface area contributed by atoms with Crippen LogP contribution in [-0.2, 0) is 4.79 Å². The van der Waals surface area contributed by atoms with Gasteiger partial charge in [0.1, 0.15) is 6.54 Å². The molecular weight excluding hydrogens is 306 g/mol. The van der Waals surface area contributed by atoms with Gasteiger partial charge in [-0.3, -0.25) is 14.7 Å². The van der Waals surface area contributed by atoms with Crippen molar-refractivity contribution in [1.29, 1.82) is 0 Å². The maximum atomic E-state index is 11.7. The molecule has 0 aliphatic carbocycles. The second kappa shape index (κ2) is 6.78. The van der Waals surface area contributed by atoms with Crippen LogP contribution < -0.4 is 5.32 Å². The number of aromatic amines is 1. The molecule has 0 atom stereocenters. The molecule has 120 valence electrons. The Morgan fingerprint density at radius 1 is 1.08 bits per heavy atom. The van der Waals surface area contributed by atoms with Crippen LogP contribution in [-0.4, -0.2) is 33.7 Å². The normalized spacial score (nSPS) is 11.0. The maximum absolute atomic E-state index is 11.7. The average Bonchev–Trinajstić information content (AvgIpc) is 3.01. The van der Waals surface area contributed by atoms with E-state index in [0.717, 1.165) is 22.2 Å². The SMILES string of the molecule is O=C(O)CNC(=O)c1ccc(/C=C/c2n[nH]c3ccccc23)cc1. The monoisotopic (exact) mass is 321 g/mol. The Hall–Kier alpha value is -3.41. The van der Waals surface area contributed by atoms with Gasteiger partial charge in [0.2, 0.25) is 0 Å². The number of carboxylic acid groups (broad SMARTS) is 1. The van der Waals surface area contributed by atoms with Crippen molar-refractivity contribution in [2.75, 3.05) is 6.54 Å². The Morgan fingerprint density at radius 2 is 1.83 bits per heavy atom. The number of carboxylic acids is 1. The largest absolute Gasteiger partial charge is 0.480 e. The third-order valence-electron chi connectivity index (χ3n) is 3.51. The molecule has 3 aromatic rings. The first-order valence-corrected chi connectivity index (χ1v) is 7.35. The molecule has 6 nitrogen and oxygen atoms in total. The lowest BCUT2D eigenvalue weighted by molar-refractivity contribution is -0.135. The van der Waals surface area contributed by atoms with E-state index in [1.165, 1.54) is 0 Å². The summed E-state index contributed by atoms with van der Waals surface area (Å²) in [5, 5.41) is 19.2. The average molecular weight is 321 g/mol. The van der Waals surface area contributed by atoms with Gasteiger partial charge >= 0.3 is 5.97 Å². The summed E-state index contributed by atoms with van der Waals surface area (Å²) in [5.41, 5.74) is 3.15. The van der Waals surface area contributed by atoms with Gasteiger partial charge in [0.05, 0.1) is 11.2 Å². The molecule has 0 saturated carbocycles. The van der Waals surface area contributed by atoms with Crippen LogP contribution in [0.1, 0.15) is 21.6 Å². The summed E-state index contributed by atoms with van der Waals surface area (Å²) in [6.45, 7) is -0.396. The summed E-state index contributed by atoms with van der Waals surface area (Å²) >= 11 is 0. The van der Waals surface area contributed by atoms with Crippen molar-refractivity contribution in [3.8, 4) is 0 Å². The molecule has 0 saturated heterocycles. The van der Waals surface area contributed by atoms with E-state index in [2.05, 4.69) is 15.5 Å². The third kappa shape index (κ3) is 3.49. The van der Waals surface area contributed by atoms with Crippen LogP contribution in [0, 0.1) is 0 Å². The number of rotatable bonds is 5. The fraction of sp³-hybridized carbons (Fsp3) is 0.0556. The molecular formula is C18H15N3O3. The standard InChI is InChI=1S/C18H15N3O3/c22-17(23)11-19-18(24)13-8-5-12(6-9-13)7-10-16-14-3-1-2-4-15(14)20-21-16/h1-10H,11H2,(H,19,24)(H,20,21)(H,22,23)/b10-7+. The van der Waals surface area contributed by atoms with E-state index in [1.807, 2.05) is 36.4 Å². The fourth-order valence-corrected chi connectivity index (χ4v) is 2.29. The highest BCUT2D eigenvalue weighted by molar-refractivity contribution is 5.96. The van der Waals surface area contributed by atoms with E-state index < -0.39 is 18.4 Å². The first-order chi connectivity index (χ1) is 11.6. The van der Waals surface area contributed by atoms with Crippen molar-refractivity contribution >= 4 is 34.9 Å². The van der Waals surface area contributed by atoms with Crippen LogP contribution in [0.4, 0.5) is 0 Å². The van der Waals surface area contributed by atoms with Crippen LogP contribution in [0.2, 0.25) is 0 Å². The fourth-order valence-electron chi connectivity index (χ4n) is 2.29. The van der Waals surface area contributed by atoms with E-state index >= 15 is 0 Å². The predicted molar refractivity (Wildman–Crippen MR) is 91.4 cm³/mol. The Kier molecular flexibility index (Phi) is 4.38. The summed E-state index contributed by atoms with van der Waals surface area (Å²) in [6, 6.07) is 14.8. The number of aromatic nitrogens is 2. The highest BCUT2D eigenvalue weighted by Crippen LogP contribution is 2.17. The minimum atomic E-state index is -1.07. The van der Waals surface area contributed by atoms with Crippen LogP contribution >= 0.6 is 0 Å². The van der Waals surface area contributed by atoms with E-state index in [0.29, 0.717) is 5.56 Å². The van der Waals surface area contributed by atoms with Gasteiger partial charge in [-0.15, -0.1) is 0 Å². The van der Waals surface area contributed by atoms with Gasteiger partial charge in [-0.1, -0.05) is 36.4 Å². The molecule has 0 spiro atoms. The van der Waals surface area contributed by atoms with Crippen molar-refractivity contribution < 1.29 is 14.7 Å². The molecule has 0 unspecified atom stereocenters. The number of aliphatic carboxylic acids is 1. The molecule has 6 heteroatoms. The van der Waals surface area contributed by atoms with Crippen LogP contribution in [0.25, 0.3) is 23.1 Å². The van der Waals surface area contributed by atoms with Crippen LogP contribution in [0.3, 0.4) is 0 Å². The maximum Gasteiger partial charge on any atom is 0.322 e. The zero-order chi connectivity index (χ0) is 16.9. The molecule has 0 aliphatic heterocycles. The molecule has 24 heavy (non-hydrogen) atoms. The van der Waals surface area contributed by atoms with Gasteiger partial charge in [0.25, 0.3) is 5.91 Å². The summed E-state index contributed by atoms with van der Waals surface area (Å²) in [6.07, 6.45) is 3.81. The number of carbonyl (C=O) groups excluding carboxylic acids is 1. The summed E-state index contributed by atoms with van der Waals surface area (Å²) in [7, 11) is 0. The van der Waals surface area contributed by atoms with Gasteiger partial charge in [-0.2, -0.15) is 5.10 Å². The number of carbonyl (C=O) groups is 2. The van der Waals surface area contributed by atoms with E-state index in [1.54, 1.807) is 24.3 Å². The highest BCUT2D eigenvalue weighted by Gasteiger charge is 2.06. The van der Waals surface area contributed by atoms with Crippen molar-refractivity contribution in [2.45, 2.75) is 0 Å². The summed E-state index contributed by atoms with van der Waals surface area (Å²) in [5.74, 6) is -1.49. The van der Waals surface area contributed by atoms with Gasteiger partial charge in [0.15, 0.2) is 0 Å². The quantitative estimate of drug-likeness (QED) is 0.673. The van der Waals surface area contributed by atoms with E-state index in [-0.39, 0.29) is 0 Å². The molecule has 0 radical (unpaired) electrons. The lowest BCUT2D eigenvalue weighted by Gasteiger charge is -2.02. The Bertz CT molecular complexity index is 911. The Morgan fingerprint density at radius 3 is 2.58 bits per heavy atom. The molecule has 0 fully saturated rings. The number of nitrogens with one attached hydrogen (secondary N) is 2. The Balaban J connectivity index is 1.72. The van der Waals surface area contributed by atoms with Gasteiger partial charge < -0.3 is 10.4 Å². The number of nitrogens with zero attached hydrogens (tertiary/aromatic N) is 1. The van der Waals surface area contributed by atoms with Crippen LogP contribution in [0.5, 0.6) is 0 Å². The molecule has 1 heterocycles. The Labute approximate surface area is 137 Å². The molecule has 1 amide bonds. The number of para-hydroxylation sites is 1. The number of fused-ring (bicyclic) bond motifs is 1. The first-order valence-electron chi connectivity index (χ1n) is 7.35. The minimum Gasteiger partial charge on any atom is -0.480 e. The predicted octanol–water partition coefficient (Wildman–Crippen LogP) is 2.55. The van der Waals surface area contributed by atoms with Gasteiger partial charge in [-0.25, -0.2) is 0 Å². The zero-order valence-electron chi connectivity index (χ0n) is 12.7. The van der Waals surface area contributed by atoms with Crippen LogP contribution in [0.15, 0.2) is 48.5 Å². The second-order valence-electron chi connectivity index (χ2n) is 5.19. The molecule has 3 N–H and O–H groups in total. The minimum absolute atomic E-state index is 0.396. The third-order valence-corrected chi connectivity index (χ3v) is 3.51. The van der Waals surface area contributed by atoms with Gasteiger partial charge in [-0.05, 0) is 29.8 Å². The van der Waals surface area contributed by atoms with Crippen molar-refractivity contribution in [3.05, 3.63) is 65.4 Å². The highest BCUT2D eigenvalue weighted by atomic mass is 16.4. The van der Waals surface area contributed by atoms with E-state index in [9.17, 15) is 9.59 Å². The number of benzene rings is 2. The lowest BCUT2D eigenvalue weighted by Crippen LogP contribution is -2.29. The van der Waals surface area contributed by atoms with Gasteiger partial charge in [0, 0.05) is 10.9 Å².